The minimum Gasteiger partial charge on any atom is -0.464 e. The molecule has 0 N–H and O–H groups in total. The third kappa shape index (κ3) is 2.88. The predicted octanol–water partition coefficient (Wildman–Crippen LogP) is 6.24. The Hall–Kier alpha value is -2.49. The van der Waals surface area contributed by atoms with E-state index in [4.69, 9.17) is 33.0 Å². The van der Waals surface area contributed by atoms with Gasteiger partial charge in [0, 0.05) is 27.6 Å². The maximum atomic E-state index is 6.48. The van der Waals surface area contributed by atoms with Crippen LogP contribution in [0, 0.1) is 0 Å². The van der Waals surface area contributed by atoms with Gasteiger partial charge in [-0.1, -0.05) is 71.7 Å². The highest BCUT2D eigenvalue weighted by molar-refractivity contribution is 6.31. The Bertz CT molecular complexity index is 1030. The van der Waals surface area contributed by atoms with Crippen LogP contribution in [-0.4, -0.2) is 10.7 Å². The number of fused-ring (bicyclic) bond motifs is 3. The first-order valence-electron chi connectivity index (χ1n) is 8.82. The number of rotatable bonds is 2. The van der Waals surface area contributed by atoms with E-state index in [1.807, 2.05) is 71.7 Å². The molecule has 134 valence electrons. The van der Waals surface area contributed by atoms with Crippen LogP contribution in [0.4, 0.5) is 0 Å². The summed E-state index contributed by atoms with van der Waals surface area (Å²) in [5.41, 5.74) is 4.16. The molecule has 2 aliphatic heterocycles. The zero-order chi connectivity index (χ0) is 18.4. The van der Waals surface area contributed by atoms with Gasteiger partial charge in [-0.2, -0.15) is 5.10 Å². The number of hydrazone groups is 1. The van der Waals surface area contributed by atoms with Crippen molar-refractivity contribution in [3.8, 4) is 5.75 Å². The number of benzene rings is 3. The van der Waals surface area contributed by atoms with E-state index in [2.05, 4.69) is 6.07 Å². The van der Waals surface area contributed by atoms with E-state index in [0.29, 0.717) is 5.02 Å². The Kier molecular flexibility index (Phi) is 4.07. The van der Waals surface area contributed by atoms with Crippen LogP contribution in [-0.2, 0) is 0 Å². The average Bonchev–Trinajstić information content (AvgIpc) is 3.14. The molecule has 3 aromatic carbocycles. The molecule has 0 bridgehead atoms. The van der Waals surface area contributed by atoms with Gasteiger partial charge in [0.25, 0.3) is 0 Å². The molecule has 2 heterocycles. The first kappa shape index (κ1) is 16.7. The Labute approximate surface area is 167 Å². The van der Waals surface area contributed by atoms with Crippen LogP contribution in [0.25, 0.3) is 0 Å². The van der Waals surface area contributed by atoms with Gasteiger partial charge in [-0.15, -0.1) is 0 Å². The zero-order valence-corrected chi connectivity index (χ0v) is 15.9. The zero-order valence-electron chi connectivity index (χ0n) is 14.3. The molecule has 0 aromatic heterocycles. The molecule has 3 aromatic rings. The van der Waals surface area contributed by atoms with Crippen molar-refractivity contribution in [2.75, 3.05) is 0 Å². The Balaban J connectivity index is 1.61. The van der Waals surface area contributed by atoms with Gasteiger partial charge in [-0.25, -0.2) is 5.01 Å². The molecule has 3 nitrogen and oxygen atoms in total. The smallest absolute Gasteiger partial charge is 0.215 e. The second-order valence-electron chi connectivity index (χ2n) is 6.68. The predicted molar refractivity (Wildman–Crippen MR) is 108 cm³/mol. The molecule has 0 fully saturated rings. The van der Waals surface area contributed by atoms with Gasteiger partial charge in [0.15, 0.2) is 0 Å². The fourth-order valence-electron chi connectivity index (χ4n) is 3.73. The van der Waals surface area contributed by atoms with E-state index in [1.165, 1.54) is 0 Å². The summed E-state index contributed by atoms with van der Waals surface area (Å²) in [6, 6.07) is 23.8. The van der Waals surface area contributed by atoms with Crippen LogP contribution in [0.15, 0.2) is 77.9 Å². The van der Waals surface area contributed by atoms with Crippen molar-refractivity contribution in [1.82, 2.24) is 5.01 Å². The number of ether oxygens (including phenoxy) is 1. The third-order valence-corrected chi connectivity index (χ3v) is 5.64. The monoisotopic (exact) mass is 394 g/mol. The highest BCUT2D eigenvalue weighted by atomic mass is 35.5. The standard InChI is InChI=1S/C22H16Cl2N2O/c23-15-11-9-14(10-12-15)19-13-20-17-6-2-4-8-21(17)27-22(26(20)25-19)16-5-1-3-7-18(16)24/h1-12,20,22H,13H2. The van der Waals surface area contributed by atoms with Crippen molar-refractivity contribution in [1.29, 1.82) is 0 Å². The highest BCUT2D eigenvalue weighted by Gasteiger charge is 2.41. The lowest BCUT2D eigenvalue weighted by Gasteiger charge is -2.38. The van der Waals surface area contributed by atoms with E-state index in [0.717, 1.165) is 39.6 Å². The number of para-hydroxylation sites is 1. The molecule has 0 saturated carbocycles. The molecule has 5 rings (SSSR count). The molecule has 2 atom stereocenters. The normalized spacial score (nSPS) is 20.5. The minimum atomic E-state index is -0.358. The van der Waals surface area contributed by atoms with Crippen LogP contribution in [0.3, 0.4) is 0 Å². The van der Waals surface area contributed by atoms with Gasteiger partial charge in [0.05, 0.1) is 11.8 Å². The average molecular weight is 395 g/mol. The van der Waals surface area contributed by atoms with Crippen molar-refractivity contribution in [3.63, 3.8) is 0 Å². The van der Waals surface area contributed by atoms with E-state index in [9.17, 15) is 0 Å². The van der Waals surface area contributed by atoms with E-state index >= 15 is 0 Å². The Morgan fingerprint density at radius 1 is 0.852 bits per heavy atom. The molecule has 2 aliphatic rings. The van der Waals surface area contributed by atoms with Crippen molar-refractivity contribution in [2.24, 2.45) is 5.10 Å². The molecular weight excluding hydrogens is 379 g/mol. The second-order valence-corrected chi connectivity index (χ2v) is 7.53. The maximum Gasteiger partial charge on any atom is 0.215 e. The summed E-state index contributed by atoms with van der Waals surface area (Å²) in [6.45, 7) is 0. The second kappa shape index (κ2) is 6.59. The molecule has 0 amide bonds. The summed E-state index contributed by atoms with van der Waals surface area (Å²) >= 11 is 12.5. The molecule has 0 saturated heterocycles. The fourth-order valence-corrected chi connectivity index (χ4v) is 4.09. The van der Waals surface area contributed by atoms with Gasteiger partial charge in [-0.05, 0) is 29.8 Å². The summed E-state index contributed by atoms with van der Waals surface area (Å²) in [6.07, 6.45) is 0.451. The molecular formula is C22H16Cl2N2O. The summed E-state index contributed by atoms with van der Waals surface area (Å²) in [5, 5.41) is 8.36. The van der Waals surface area contributed by atoms with Crippen LogP contribution in [0.5, 0.6) is 5.75 Å². The molecule has 27 heavy (non-hydrogen) atoms. The number of hydrogen-bond donors (Lipinski definition) is 0. The summed E-state index contributed by atoms with van der Waals surface area (Å²) in [5.74, 6) is 0.885. The molecule has 0 spiro atoms. The first-order valence-corrected chi connectivity index (χ1v) is 9.58. The fraction of sp³-hybridized carbons (Fsp3) is 0.136. The van der Waals surface area contributed by atoms with Crippen molar-refractivity contribution in [3.05, 3.63) is 99.5 Å². The lowest BCUT2D eigenvalue weighted by atomic mass is 9.96. The van der Waals surface area contributed by atoms with Crippen molar-refractivity contribution < 1.29 is 4.74 Å². The van der Waals surface area contributed by atoms with Gasteiger partial charge >= 0.3 is 0 Å². The van der Waals surface area contributed by atoms with Crippen molar-refractivity contribution in [2.45, 2.75) is 18.7 Å². The van der Waals surface area contributed by atoms with E-state index in [-0.39, 0.29) is 12.3 Å². The van der Waals surface area contributed by atoms with Crippen LogP contribution in [0.1, 0.15) is 35.4 Å². The quantitative estimate of drug-likeness (QED) is 0.513. The summed E-state index contributed by atoms with van der Waals surface area (Å²) in [4.78, 5) is 0. The molecule has 2 unspecified atom stereocenters. The van der Waals surface area contributed by atoms with Crippen LogP contribution >= 0.6 is 23.2 Å². The third-order valence-electron chi connectivity index (χ3n) is 5.05. The van der Waals surface area contributed by atoms with Crippen LogP contribution in [0.2, 0.25) is 10.0 Å². The number of hydrogen-bond acceptors (Lipinski definition) is 3. The van der Waals surface area contributed by atoms with E-state index in [1.54, 1.807) is 0 Å². The van der Waals surface area contributed by atoms with Gasteiger partial charge < -0.3 is 4.74 Å². The highest BCUT2D eigenvalue weighted by Crippen LogP contribution is 2.48. The largest absolute Gasteiger partial charge is 0.464 e. The number of nitrogens with zero attached hydrogens (tertiary/aromatic N) is 2. The number of halogens is 2. The van der Waals surface area contributed by atoms with E-state index < -0.39 is 0 Å². The summed E-state index contributed by atoms with van der Waals surface area (Å²) < 4.78 is 6.33. The van der Waals surface area contributed by atoms with Crippen LogP contribution < -0.4 is 4.74 Å². The SMILES string of the molecule is Clc1ccc(C2=NN3C(C2)c2ccccc2OC3c2ccccc2Cl)cc1. The summed E-state index contributed by atoms with van der Waals surface area (Å²) in [7, 11) is 0. The molecule has 0 radical (unpaired) electrons. The lowest BCUT2D eigenvalue weighted by Crippen LogP contribution is -2.33. The van der Waals surface area contributed by atoms with Crippen molar-refractivity contribution >= 4 is 28.9 Å². The topological polar surface area (TPSA) is 24.8 Å². The Morgan fingerprint density at radius 2 is 1.56 bits per heavy atom. The molecule has 0 aliphatic carbocycles. The first-order chi connectivity index (χ1) is 13.2. The van der Waals surface area contributed by atoms with Gasteiger partial charge in [0.2, 0.25) is 6.23 Å². The lowest BCUT2D eigenvalue weighted by molar-refractivity contribution is -0.0189. The molecule has 5 heteroatoms. The Morgan fingerprint density at radius 3 is 2.33 bits per heavy atom. The van der Waals surface area contributed by atoms with Gasteiger partial charge in [-0.3, -0.25) is 0 Å². The van der Waals surface area contributed by atoms with Gasteiger partial charge in [0.1, 0.15) is 5.75 Å². The minimum absolute atomic E-state index is 0.113. The maximum absolute atomic E-state index is 6.48.